The van der Waals surface area contributed by atoms with Crippen LogP contribution in [0.3, 0.4) is 0 Å². The fourth-order valence-electron chi connectivity index (χ4n) is 3.23. The number of H-pyrrole nitrogens is 1. The van der Waals surface area contributed by atoms with Crippen molar-refractivity contribution in [2.75, 3.05) is 29.9 Å². The van der Waals surface area contributed by atoms with Crippen molar-refractivity contribution in [3.05, 3.63) is 30.0 Å². The molecule has 3 heterocycles. The second-order valence-electron chi connectivity index (χ2n) is 6.23. The van der Waals surface area contributed by atoms with E-state index in [1.807, 2.05) is 24.4 Å². The summed E-state index contributed by atoms with van der Waals surface area (Å²) in [6, 6.07) is 5.83. The van der Waals surface area contributed by atoms with E-state index >= 15 is 0 Å². The smallest absolute Gasteiger partial charge is 0.414 e. The van der Waals surface area contributed by atoms with Gasteiger partial charge in [-0.2, -0.15) is 5.10 Å². The Labute approximate surface area is 144 Å². The van der Waals surface area contributed by atoms with Gasteiger partial charge in [-0.15, -0.1) is 0 Å². The number of anilines is 2. The van der Waals surface area contributed by atoms with Gasteiger partial charge in [0.05, 0.1) is 25.0 Å². The normalized spacial score (nSPS) is 18.7. The first-order valence-corrected chi connectivity index (χ1v) is 8.25. The molecule has 0 spiro atoms. The van der Waals surface area contributed by atoms with E-state index in [-0.39, 0.29) is 12.0 Å². The predicted octanol–water partition coefficient (Wildman–Crippen LogP) is 1.51. The van der Waals surface area contributed by atoms with E-state index in [1.165, 1.54) is 12.5 Å². The average molecular weight is 341 g/mol. The van der Waals surface area contributed by atoms with Crippen LogP contribution in [0.25, 0.3) is 11.3 Å². The third-order valence-electron chi connectivity index (χ3n) is 4.46. The Kier molecular flexibility index (Phi) is 3.79. The monoisotopic (exact) mass is 341 g/mol. The lowest BCUT2D eigenvalue weighted by Crippen LogP contribution is -2.33. The van der Waals surface area contributed by atoms with Crippen LogP contribution in [-0.4, -0.2) is 47.9 Å². The van der Waals surface area contributed by atoms with Gasteiger partial charge < -0.3 is 15.4 Å². The van der Waals surface area contributed by atoms with Crippen LogP contribution in [-0.2, 0) is 16.0 Å². The molecule has 8 nitrogen and oxygen atoms in total. The van der Waals surface area contributed by atoms with E-state index in [9.17, 15) is 9.59 Å². The summed E-state index contributed by atoms with van der Waals surface area (Å²) in [5.41, 5.74) is 4.95. The summed E-state index contributed by atoms with van der Waals surface area (Å²) < 4.78 is 5.33. The van der Waals surface area contributed by atoms with Gasteiger partial charge >= 0.3 is 6.09 Å². The zero-order valence-corrected chi connectivity index (χ0v) is 13.8. The number of fused-ring (bicyclic) bond motifs is 3. The molecule has 8 heteroatoms. The number of amides is 2. The Morgan fingerprint density at radius 1 is 1.48 bits per heavy atom. The van der Waals surface area contributed by atoms with Crippen LogP contribution in [0, 0.1) is 0 Å². The standard InChI is InChI=1S/C17H19N5O3/c1-10(23)19-8-13-9-22(17(24)25-13)12-2-3-14-15(6-12)18-5-4-11-7-20-21-16(11)14/h2-3,6-7,13,18H,4-5,8-9H2,1H3,(H,19,23)(H,20,21)/t13-/m0/s1. The number of hydrogen-bond acceptors (Lipinski definition) is 5. The zero-order chi connectivity index (χ0) is 17.4. The lowest BCUT2D eigenvalue weighted by Gasteiger charge is -2.16. The van der Waals surface area contributed by atoms with E-state index in [2.05, 4.69) is 20.8 Å². The van der Waals surface area contributed by atoms with Crippen LogP contribution >= 0.6 is 0 Å². The molecule has 0 saturated carbocycles. The average Bonchev–Trinajstić information content (AvgIpc) is 3.15. The SMILES string of the molecule is CC(=O)NC[C@H]1CN(c2ccc3c(c2)NCCc2cn[nH]c2-3)C(=O)O1. The number of ether oxygens (including phenoxy) is 1. The lowest BCUT2D eigenvalue weighted by atomic mass is 10.1. The van der Waals surface area contributed by atoms with Gasteiger partial charge in [-0.1, -0.05) is 0 Å². The highest BCUT2D eigenvalue weighted by atomic mass is 16.6. The minimum absolute atomic E-state index is 0.140. The molecule has 2 amide bonds. The number of cyclic esters (lactones) is 1. The molecule has 1 saturated heterocycles. The van der Waals surface area contributed by atoms with Gasteiger partial charge in [-0.25, -0.2) is 4.79 Å². The number of carbonyl (C=O) groups is 2. The Morgan fingerprint density at radius 2 is 2.36 bits per heavy atom. The maximum Gasteiger partial charge on any atom is 0.414 e. The van der Waals surface area contributed by atoms with Crippen LogP contribution in [0.2, 0.25) is 0 Å². The van der Waals surface area contributed by atoms with Gasteiger partial charge in [0.25, 0.3) is 0 Å². The summed E-state index contributed by atoms with van der Waals surface area (Å²) in [4.78, 5) is 24.8. The van der Waals surface area contributed by atoms with E-state index in [0.29, 0.717) is 13.1 Å². The summed E-state index contributed by atoms with van der Waals surface area (Å²) in [5.74, 6) is -0.140. The maximum absolute atomic E-state index is 12.2. The molecule has 25 heavy (non-hydrogen) atoms. The number of carbonyl (C=O) groups excluding carboxylic acids is 2. The van der Waals surface area contributed by atoms with E-state index < -0.39 is 6.09 Å². The third-order valence-corrected chi connectivity index (χ3v) is 4.46. The predicted molar refractivity (Wildman–Crippen MR) is 92.5 cm³/mol. The molecule has 4 rings (SSSR count). The van der Waals surface area contributed by atoms with E-state index in [4.69, 9.17) is 4.74 Å². The summed E-state index contributed by atoms with van der Waals surface area (Å²) in [6.07, 6.45) is 2.00. The molecule has 0 unspecified atom stereocenters. The number of benzene rings is 1. The molecule has 0 radical (unpaired) electrons. The fourth-order valence-corrected chi connectivity index (χ4v) is 3.23. The van der Waals surface area contributed by atoms with Crippen LogP contribution in [0.1, 0.15) is 12.5 Å². The number of rotatable bonds is 3. The molecule has 3 N–H and O–H groups in total. The Morgan fingerprint density at radius 3 is 3.20 bits per heavy atom. The number of hydrogen-bond donors (Lipinski definition) is 3. The lowest BCUT2D eigenvalue weighted by molar-refractivity contribution is -0.119. The molecule has 0 bridgehead atoms. The van der Waals surface area contributed by atoms with Gasteiger partial charge in [-0.05, 0) is 30.2 Å². The molecule has 0 aliphatic carbocycles. The second-order valence-corrected chi connectivity index (χ2v) is 6.23. The van der Waals surface area contributed by atoms with Crippen molar-refractivity contribution < 1.29 is 14.3 Å². The highest BCUT2D eigenvalue weighted by Crippen LogP contribution is 2.35. The van der Waals surface area contributed by atoms with Crippen molar-refractivity contribution in [1.82, 2.24) is 15.5 Å². The molecular formula is C17H19N5O3. The maximum atomic E-state index is 12.2. The minimum Gasteiger partial charge on any atom is -0.442 e. The topological polar surface area (TPSA) is 99.4 Å². The summed E-state index contributed by atoms with van der Waals surface area (Å²) in [5, 5.41) is 13.3. The second kappa shape index (κ2) is 6.12. The molecule has 2 aliphatic rings. The first kappa shape index (κ1) is 15.5. The minimum atomic E-state index is -0.397. The molecule has 1 fully saturated rings. The van der Waals surface area contributed by atoms with Gasteiger partial charge in [0.2, 0.25) is 5.91 Å². The Balaban J connectivity index is 1.58. The molecule has 1 aromatic heterocycles. The summed E-state index contributed by atoms with van der Waals surface area (Å²) in [6.45, 7) is 2.97. The summed E-state index contributed by atoms with van der Waals surface area (Å²) in [7, 11) is 0. The number of nitrogens with zero attached hydrogens (tertiary/aromatic N) is 2. The highest BCUT2D eigenvalue weighted by molar-refractivity contribution is 5.92. The fraction of sp³-hybridized carbons (Fsp3) is 0.353. The van der Waals surface area contributed by atoms with Crippen molar-refractivity contribution in [2.24, 2.45) is 0 Å². The van der Waals surface area contributed by atoms with Crippen LogP contribution in [0.5, 0.6) is 0 Å². The van der Waals surface area contributed by atoms with Gasteiger partial charge in [-0.3, -0.25) is 14.8 Å². The zero-order valence-electron chi connectivity index (χ0n) is 13.8. The summed E-state index contributed by atoms with van der Waals surface area (Å²) >= 11 is 0. The Hall–Kier alpha value is -3.03. The van der Waals surface area contributed by atoms with Crippen LogP contribution in [0.15, 0.2) is 24.4 Å². The largest absolute Gasteiger partial charge is 0.442 e. The van der Waals surface area contributed by atoms with E-state index in [0.717, 1.165) is 35.6 Å². The van der Waals surface area contributed by atoms with Crippen molar-refractivity contribution in [3.8, 4) is 11.3 Å². The molecule has 130 valence electrons. The first-order valence-electron chi connectivity index (χ1n) is 8.25. The quantitative estimate of drug-likeness (QED) is 0.786. The Bertz CT molecular complexity index is 831. The van der Waals surface area contributed by atoms with Crippen molar-refractivity contribution >= 4 is 23.4 Å². The van der Waals surface area contributed by atoms with E-state index in [1.54, 1.807) is 4.90 Å². The number of nitrogens with one attached hydrogen (secondary N) is 3. The number of aromatic nitrogens is 2. The molecule has 2 aliphatic heterocycles. The molecular weight excluding hydrogens is 322 g/mol. The van der Waals surface area contributed by atoms with Crippen LogP contribution in [0.4, 0.5) is 16.2 Å². The van der Waals surface area contributed by atoms with Gasteiger partial charge in [0.15, 0.2) is 0 Å². The highest BCUT2D eigenvalue weighted by Gasteiger charge is 2.33. The van der Waals surface area contributed by atoms with Crippen molar-refractivity contribution in [2.45, 2.75) is 19.4 Å². The molecule has 1 atom stereocenters. The van der Waals surface area contributed by atoms with Crippen molar-refractivity contribution in [1.29, 1.82) is 0 Å². The molecule has 2 aromatic rings. The number of aromatic amines is 1. The third kappa shape index (κ3) is 2.90. The first-order chi connectivity index (χ1) is 12.1. The van der Waals surface area contributed by atoms with Gasteiger partial charge in [0, 0.05) is 30.4 Å². The molecule has 1 aromatic carbocycles. The van der Waals surface area contributed by atoms with Crippen LogP contribution < -0.4 is 15.5 Å². The van der Waals surface area contributed by atoms with Crippen molar-refractivity contribution in [3.63, 3.8) is 0 Å². The van der Waals surface area contributed by atoms with Gasteiger partial charge in [0.1, 0.15) is 6.10 Å².